The van der Waals surface area contributed by atoms with E-state index in [0.717, 1.165) is 6.26 Å². The van der Waals surface area contributed by atoms with Crippen LogP contribution >= 0.6 is 15.9 Å². The second-order valence-corrected chi connectivity index (χ2v) is 10.5. The third kappa shape index (κ3) is 4.92. The molecule has 3 aromatic rings. The van der Waals surface area contributed by atoms with Crippen molar-refractivity contribution < 1.29 is 21.6 Å². The molecule has 1 heterocycles. The van der Waals surface area contributed by atoms with Crippen molar-refractivity contribution in [2.45, 2.75) is 9.92 Å². The predicted molar refractivity (Wildman–Crippen MR) is 112 cm³/mol. The molecular formula is C18H16BrN3O5S2. The van der Waals surface area contributed by atoms with Gasteiger partial charge < -0.3 is 4.74 Å². The van der Waals surface area contributed by atoms with Gasteiger partial charge in [0, 0.05) is 22.0 Å². The highest BCUT2D eigenvalue weighted by molar-refractivity contribution is 9.10. The van der Waals surface area contributed by atoms with Crippen LogP contribution < -0.4 is 9.46 Å². The van der Waals surface area contributed by atoms with E-state index in [1.807, 2.05) is 0 Å². The summed E-state index contributed by atoms with van der Waals surface area (Å²) in [5, 5.41) is 7.49. The number of sulfonamides is 1. The average Bonchev–Trinajstić information content (AvgIpc) is 2.67. The zero-order valence-corrected chi connectivity index (χ0v) is 18.5. The summed E-state index contributed by atoms with van der Waals surface area (Å²) in [6.07, 6.45) is 1.04. The molecule has 0 radical (unpaired) electrons. The average molecular weight is 498 g/mol. The van der Waals surface area contributed by atoms with E-state index < -0.39 is 19.9 Å². The minimum absolute atomic E-state index is 0.0166. The Bertz CT molecular complexity index is 1260. The van der Waals surface area contributed by atoms with Gasteiger partial charge >= 0.3 is 0 Å². The summed E-state index contributed by atoms with van der Waals surface area (Å²) in [5.41, 5.74) is 1.27. The fourth-order valence-electron chi connectivity index (χ4n) is 2.48. The highest BCUT2D eigenvalue weighted by atomic mass is 79.9. The number of nitrogens with zero attached hydrogens (tertiary/aromatic N) is 2. The molecule has 8 nitrogen and oxygen atoms in total. The van der Waals surface area contributed by atoms with Gasteiger partial charge in [0.25, 0.3) is 10.0 Å². The van der Waals surface area contributed by atoms with E-state index in [0.29, 0.717) is 21.4 Å². The van der Waals surface area contributed by atoms with Gasteiger partial charge in [-0.3, -0.25) is 4.72 Å². The number of halogens is 1. The number of hydrogen-bond acceptors (Lipinski definition) is 7. The van der Waals surface area contributed by atoms with Crippen LogP contribution in [0.3, 0.4) is 0 Å². The fraction of sp³-hybridized carbons (Fsp3) is 0.111. The second kappa shape index (κ2) is 8.09. The molecule has 152 valence electrons. The molecule has 0 fully saturated rings. The largest absolute Gasteiger partial charge is 0.495 e. The molecule has 0 spiro atoms. The summed E-state index contributed by atoms with van der Waals surface area (Å²) in [7, 11) is -5.99. The normalized spacial score (nSPS) is 11.8. The lowest BCUT2D eigenvalue weighted by Gasteiger charge is -2.12. The lowest BCUT2D eigenvalue weighted by atomic mass is 10.1. The summed E-state index contributed by atoms with van der Waals surface area (Å²) in [6, 6.07) is 14.1. The summed E-state index contributed by atoms with van der Waals surface area (Å²) in [5.74, 6) is 0.207. The Labute approximate surface area is 177 Å². The number of anilines is 1. The Morgan fingerprint density at radius 1 is 0.966 bits per heavy atom. The highest BCUT2D eigenvalue weighted by Crippen LogP contribution is 2.30. The third-order valence-corrected chi connectivity index (χ3v) is 6.72. The second-order valence-electron chi connectivity index (χ2n) is 6.01. The van der Waals surface area contributed by atoms with E-state index in [9.17, 15) is 16.8 Å². The summed E-state index contributed by atoms with van der Waals surface area (Å²) < 4.78 is 56.9. The molecule has 3 rings (SSSR count). The van der Waals surface area contributed by atoms with Gasteiger partial charge in [0.2, 0.25) is 0 Å². The molecule has 0 atom stereocenters. The molecule has 0 unspecified atom stereocenters. The smallest absolute Gasteiger partial charge is 0.265 e. The zero-order chi connectivity index (χ0) is 21.2. The van der Waals surface area contributed by atoms with Gasteiger partial charge in [0.05, 0.1) is 12.8 Å². The lowest BCUT2D eigenvalue weighted by molar-refractivity contribution is 0.403. The van der Waals surface area contributed by atoms with Crippen LogP contribution in [0.4, 0.5) is 5.69 Å². The van der Waals surface area contributed by atoms with Crippen LogP contribution in [0, 0.1) is 0 Å². The minimum atomic E-state index is -3.92. The number of hydrogen-bond donors (Lipinski definition) is 1. The van der Waals surface area contributed by atoms with Gasteiger partial charge in [-0.1, -0.05) is 28.1 Å². The zero-order valence-electron chi connectivity index (χ0n) is 15.3. The van der Waals surface area contributed by atoms with Crippen LogP contribution in [0.1, 0.15) is 0 Å². The predicted octanol–water partition coefficient (Wildman–Crippen LogP) is 3.12. The van der Waals surface area contributed by atoms with Crippen LogP contribution in [-0.2, 0) is 19.9 Å². The molecule has 2 aromatic carbocycles. The first kappa shape index (κ1) is 21.2. The maximum absolute atomic E-state index is 12.8. The first-order valence-electron chi connectivity index (χ1n) is 8.11. The van der Waals surface area contributed by atoms with Crippen LogP contribution in [0.2, 0.25) is 0 Å². The van der Waals surface area contributed by atoms with Crippen molar-refractivity contribution >= 4 is 41.5 Å². The van der Waals surface area contributed by atoms with E-state index in [-0.39, 0.29) is 15.7 Å². The van der Waals surface area contributed by atoms with E-state index in [1.54, 1.807) is 36.4 Å². The quantitative estimate of drug-likeness (QED) is 0.555. The SMILES string of the molecule is COc1ccc(Br)cc1S(=O)(=O)Nc1cccc(-c2ccc(S(C)(=O)=O)nn2)c1. The molecule has 0 saturated heterocycles. The third-order valence-electron chi connectivity index (χ3n) is 3.85. The Kier molecular flexibility index (Phi) is 5.92. The van der Waals surface area contributed by atoms with Gasteiger partial charge in [-0.05, 0) is 42.5 Å². The van der Waals surface area contributed by atoms with Crippen molar-refractivity contribution in [1.82, 2.24) is 10.2 Å². The van der Waals surface area contributed by atoms with Gasteiger partial charge in [-0.15, -0.1) is 10.2 Å². The first-order chi connectivity index (χ1) is 13.6. The number of benzene rings is 2. The molecule has 11 heteroatoms. The number of nitrogens with one attached hydrogen (secondary N) is 1. The van der Waals surface area contributed by atoms with Crippen molar-refractivity contribution in [1.29, 1.82) is 0 Å². The van der Waals surface area contributed by atoms with Crippen LogP contribution in [0.15, 0.2) is 69.0 Å². The highest BCUT2D eigenvalue weighted by Gasteiger charge is 2.20. The van der Waals surface area contributed by atoms with E-state index in [1.165, 1.54) is 25.3 Å². The van der Waals surface area contributed by atoms with E-state index >= 15 is 0 Å². The summed E-state index contributed by atoms with van der Waals surface area (Å²) in [6.45, 7) is 0. The van der Waals surface area contributed by atoms with Gasteiger partial charge in [-0.2, -0.15) is 0 Å². The lowest BCUT2D eigenvalue weighted by Crippen LogP contribution is -2.14. The summed E-state index contributed by atoms with van der Waals surface area (Å²) in [4.78, 5) is -0.0166. The fourth-order valence-corrected chi connectivity index (χ4v) is 4.75. The molecule has 0 aliphatic rings. The van der Waals surface area contributed by atoms with E-state index in [2.05, 4.69) is 30.8 Å². The minimum Gasteiger partial charge on any atom is -0.495 e. The molecule has 1 aromatic heterocycles. The molecule has 0 bridgehead atoms. The van der Waals surface area contributed by atoms with Gasteiger partial charge in [-0.25, -0.2) is 16.8 Å². The maximum atomic E-state index is 12.8. The number of methoxy groups -OCH3 is 1. The number of sulfone groups is 1. The van der Waals surface area contributed by atoms with Gasteiger partial charge in [0.15, 0.2) is 14.9 Å². The standard InChI is InChI=1S/C18H16BrN3O5S2/c1-27-16-8-6-13(19)11-17(16)29(25,26)22-14-5-3-4-12(10-14)15-7-9-18(21-20-15)28(2,23)24/h3-11,22H,1-2H3. The van der Waals surface area contributed by atoms with E-state index in [4.69, 9.17) is 4.74 Å². The van der Waals surface area contributed by atoms with Crippen molar-refractivity contribution in [2.75, 3.05) is 18.1 Å². The van der Waals surface area contributed by atoms with Crippen LogP contribution in [0.5, 0.6) is 5.75 Å². The number of ether oxygens (including phenoxy) is 1. The summed E-state index contributed by atoms with van der Waals surface area (Å²) >= 11 is 3.26. The molecule has 0 aliphatic heterocycles. The topological polar surface area (TPSA) is 115 Å². The Balaban J connectivity index is 1.93. The number of rotatable bonds is 6. The van der Waals surface area contributed by atoms with Crippen LogP contribution in [-0.4, -0.2) is 40.4 Å². The monoisotopic (exact) mass is 497 g/mol. The molecular weight excluding hydrogens is 482 g/mol. The maximum Gasteiger partial charge on any atom is 0.265 e. The Morgan fingerprint density at radius 3 is 2.34 bits per heavy atom. The Morgan fingerprint density at radius 2 is 1.72 bits per heavy atom. The van der Waals surface area contributed by atoms with Crippen molar-refractivity contribution in [2.24, 2.45) is 0 Å². The number of aromatic nitrogens is 2. The molecule has 1 N–H and O–H groups in total. The van der Waals surface area contributed by atoms with Crippen molar-refractivity contribution in [3.8, 4) is 17.0 Å². The van der Waals surface area contributed by atoms with Crippen molar-refractivity contribution in [3.63, 3.8) is 0 Å². The molecule has 0 aliphatic carbocycles. The molecule has 0 saturated carbocycles. The Hall–Kier alpha value is -2.50. The first-order valence-corrected chi connectivity index (χ1v) is 12.3. The van der Waals surface area contributed by atoms with Crippen molar-refractivity contribution in [3.05, 3.63) is 59.1 Å². The van der Waals surface area contributed by atoms with Gasteiger partial charge in [0.1, 0.15) is 10.6 Å². The molecule has 29 heavy (non-hydrogen) atoms. The molecule has 0 amide bonds. The van der Waals surface area contributed by atoms with Crippen LogP contribution in [0.25, 0.3) is 11.3 Å².